The minimum atomic E-state index is -0.346. The summed E-state index contributed by atoms with van der Waals surface area (Å²) in [5.41, 5.74) is 4.41. The number of nitro benzene ring substituents is 1. The minimum absolute atomic E-state index is 0.0628. The first-order chi connectivity index (χ1) is 14.6. The van der Waals surface area contributed by atoms with Crippen LogP contribution in [-0.2, 0) is 5.41 Å². The summed E-state index contributed by atoms with van der Waals surface area (Å²) in [6.45, 7) is 4.42. The van der Waals surface area contributed by atoms with Crippen LogP contribution < -0.4 is 0 Å². The summed E-state index contributed by atoms with van der Waals surface area (Å²) >= 11 is 0. The van der Waals surface area contributed by atoms with E-state index < -0.39 is 0 Å². The van der Waals surface area contributed by atoms with E-state index in [0.29, 0.717) is 0 Å². The van der Waals surface area contributed by atoms with Crippen LogP contribution >= 0.6 is 0 Å². The predicted molar refractivity (Wildman–Crippen MR) is 118 cm³/mol. The molecule has 2 aliphatic rings. The lowest BCUT2D eigenvalue weighted by molar-refractivity contribution is -0.384. The van der Waals surface area contributed by atoms with Gasteiger partial charge in [-0.25, -0.2) is 4.99 Å². The van der Waals surface area contributed by atoms with Crippen LogP contribution in [0.2, 0.25) is 0 Å². The molecule has 0 spiro atoms. The van der Waals surface area contributed by atoms with Crippen molar-refractivity contribution in [2.24, 2.45) is 4.99 Å². The largest absolute Gasteiger partial charge is 0.344 e. The molecule has 30 heavy (non-hydrogen) atoms. The topological polar surface area (TPSA) is 58.7 Å². The van der Waals surface area contributed by atoms with E-state index in [1.807, 2.05) is 24.3 Å². The predicted octanol–water partition coefficient (Wildman–Crippen LogP) is 6.10. The van der Waals surface area contributed by atoms with Crippen molar-refractivity contribution in [1.82, 2.24) is 4.90 Å². The van der Waals surface area contributed by atoms with Crippen LogP contribution in [-0.4, -0.2) is 15.7 Å². The fourth-order valence-corrected chi connectivity index (χ4v) is 5.22. The van der Waals surface area contributed by atoms with Crippen LogP contribution in [0.4, 0.5) is 11.4 Å². The molecule has 0 saturated carbocycles. The number of fused-ring (bicyclic) bond motifs is 2. The van der Waals surface area contributed by atoms with Gasteiger partial charge in [-0.15, -0.1) is 0 Å². The first-order valence-electron chi connectivity index (χ1n) is 10.3. The summed E-state index contributed by atoms with van der Waals surface area (Å²) < 4.78 is 0. The van der Waals surface area contributed by atoms with Crippen molar-refractivity contribution in [3.05, 3.63) is 106 Å². The summed E-state index contributed by atoms with van der Waals surface area (Å²) in [5.74, 6) is 1.09. The van der Waals surface area contributed by atoms with Gasteiger partial charge in [-0.05, 0) is 30.5 Å². The summed E-state index contributed by atoms with van der Waals surface area (Å²) in [6.07, 6.45) is 0.892. The Labute approximate surface area is 175 Å². The monoisotopic (exact) mass is 397 g/mol. The van der Waals surface area contributed by atoms with E-state index in [0.717, 1.165) is 23.5 Å². The maximum Gasteiger partial charge on any atom is 0.269 e. The first-order valence-corrected chi connectivity index (χ1v) is 10.3. The highest BCUT2D eigenvalue weighted by Gasteiger charge is 2.61. The molecule has 2 aliphatic heterocycles. The van der Waals surface area contributed by atoms with Crippen molar-refractivity contribution in [2.75, 3.05) is 0 Å². The molecule has 1 fully saturated rings. The van der Waals surface area contributed by atoms with Crippen molar-refractivity contribution in [1.29, 1.82) is 0 Å². The molecule has 3 aromatic carbocycles. The summed E-state index contributed by atoms with van der Waals surface area (Å²) in [6, 6.07) is 26.1. The van der Waals surface area contributed by atoms with Crippen LogP contribution in [0, 0.1) is 10.1 Å². The SMILES string of the molecule is CC[C@]1(c2ccccc2)C2=Nc3ccccc3[C@H](C)N2[C@H]1c1ccc([N+](=O)[O-])cc1. The number of benzene rings is 3. The molecule has 3 atom stereocenters. The Hall–Kier alpha value is -3.47. The van der Waals surface area contributed by atoms with E-state index in [-0.39, 0.29) is 28.1 Å². The van der Waals surface area contributed by atoms with E-state index in [1.54, 1.807) is 12.1 Å². The van der Waals surface area contributed by atoms with Crippen LogP contribution in [0.15, 0.2) is 83.9 Å². The number of amidine groups is 1. The number of non-ortho nitro benzene ring substituents is 1. The van der Waals surface area contributed by atoms with E-state index in [2.05, 4.69) is 61.2 Å². The van der Waals surface area contributed by atoms with Crippen molar-refractivity contribution < 1.29 is 4.92 Å². The Morgan fingerprint density at radius 2 is 1.67 bits per heavy atom. The zero-order chi connectivity index (χ0) is 20.9. The maximum atomic E-state index is 11.2. The standard InChI is InChI=1S/C25H23N3O2/c1-3-25(19-9-5-4-6-10-19)23(18-13-15-20(16-14-18)28(29)30)27-17(2)21-11-7-8-12-22(21)26-24(25)27/h4-17,23H,3H2,1-2H3/t17-,23-,25+/m0/s1. The quantitative estimate of drug-likeness (QED) is 0.394. The zero-order valence-corrected chi connectivity index (χ0v) is 17.0. The highest BCUT2D eigenvalue weighted by Crippen LogP contribution is 2.60. The fraction of sp³-hybridized carbons (Fsp3) is 0.240. The van der Waals surface area contributed by atoms with E-state index in [4.69, 9.17) is 4.99 Å². The highest BCUT2D eigenvalue weighted by molar-refractivity contribution is 6.03. The average molecular weight is 397 g/mol. The van der Waals surface area contributed by atoms with Gasteiger partial charge in [0.05, 0.1) is 28.1 Å². The third-order valence-electron chi connectivity index (χ3n) is 6.69. The van der Waals surface area contributed by atoms with E-state index >= 15 is 0 Å². The molecule has 150 valence electrons. The Morgan fingerprint density at radius 3 is 2.33 bits per heavy atom. The number of rotatable bonds is 4. The second kappa shape index (κ2) is 6.80. The molecule has 5 heteroatoms. The molecule has 0 aromatic heterocycles. The van der Waals surface area contributed by atoms with Crippen LogP contribution in [0.3, 0.4) is 0 Å². The minimum Gasteiger partial charge on any atom is -0.344 e. The fourth-order valence-electron chi connectivity index (χ4n) is 5.22. The molecule has 0 unspecified atom stereocenters. The molecule has 1 saturated heterocycles. The van der Waals surface area contributed by atoms with Crippen molar-refractivity contribution in [2.45, 2.75) is 37.8 Å². The van der Waals surface area contributed by atoms with Gasteiger partial charge >= 0.3 is 0 Å². The lowest BCUT2D eigenvalue weighted by Gasteiger charge is -2.63. The highest BCUT2D eigenvalue weighted by atomic mass is 16.6. The van der Waals surface area contributed by atoms with Gasteiger partial charge in [0, 0.05) is 17.7 Å². The van der Waals surface area contributed by atoms with Crippen molar-refractivity contribution in [3.8, 4) is 0 Å². The average Bonchev–Trinajstić information content (AvgIpc) is 2.77. The van der Waals surface area contributed by atoms with Gasteiger partial charge in [0.1, 0.15) is 5.84 Å². The van der Waals surface area contributed by atoms with Gasteiger partial charge in [0.15, 0.2) is 0 Å². The number of nitro groups is 1. The first kappa shape index (κ1) is 18.6. The van der Waals surface area contributed by atoms with Crippen molar-refractivity contribution in [3.63, 3.8) is 0 Å². The molecule has 0 N–H and O–H groups in total. The molecule has 0 bridgehead atoms. The number of para-hydroxylation sites is 1. The van der Waals surface area contributed by atoms with Crippen molar-refractivity contribution >= 4 is 17.2 Å². The molecule has 0 radical (unpaired) electrons. The third kappa shape index (κ3) is 2.45. The number of aliphatic imine (C=N–C) groups is 1. The van der Waals surface area contributed by atoms with Gasteiger partial charge in [0.2, 0.25) is 0 Å². The third-order valence-corrected chi connectivity index (χ3v) is 6.69. The molecule has 0 aliphatic carbocycles. The van der Waals surface area contributed by atoms with Crippen LogP contribution in [0.1, 0.15) is 49.0 Å². The molecule has 3 aromatic rings. The van der Waals surface area contributed by atoms with Gasteiger partial charge < -0.3 is 4.90 Å². The summed E-state index contributed by atoms with van der Waals surface area (Å²) in [5, 5.41) is 11.2. The van der Waals surface area contributed by atoms with E-state index in [9.17, 15) is 10.1 Å². The second-order valence-corrected chi connectivity index (χ2v) is 8.02. The molecular weight excluding hydrogens is 374 g/mol. The number of nitrogens with zero attached hydrogens (tertiary/aromatic N) is 3. The molecular formula is C25H23N3O2. The van der Waals surface area contributed by atoms with E-state index in [1.165, 1.54) is 11.1 Å². The Balaban J connectivity index is 1.71. The maximum absolute atomic E-state index is 11.2. The molecule has 5 nitrogen and oxygen atoms in total. The Bertz CT molecular complexity index is 1140. The Morgan fingerprint density at radius 1 is 1.00 bits per heavy atom. The van der Waals surface area contributed by atoms with Crippen LogP contribution in [0.5, 0.6) is 0 Å². The normalized spacial score (nSPS) is 24.3. The smallest absolute Gasteiger partial charge is 0.269 e. The summed E-state index contributed by atoms with van der Waals surface area (Å²) in [4.78, 5) is 18.3. The van der Waals surface area contributed by atoms with Gasteiger partial charge in [-0.2, -0.15) is 0 Å². The van der Waals surface area contributed by atoms with Crippen LogP contribution in [0.25, 0.3) is 0 Å². The number of hydrogen-bond acceptors (Lipinski definition) is 4. The Kier molecular flexibility index (Phi) is 4.21. The molecule has 5 rings (SSSR count). The lowest BCUT2D eigenvalue weighted by Crippen LogP contribution is -2.67. The van der Waals surface area contributed by atoms with Gasteiger partial charge in [0.25, 0.3) is 5.69 Å². The number of hydrogen-bond donors (Lipinski definition) is 0. The molecule has 0 amide bonds. The zero-order valence-electron chi connectivity index (χ0n) is 17.0. The van der Waals surface area contributed by atoms with Gasteiger partial charge in [-0.1, -0.05) is 67.6 Å². The molecule has 2 heterocycles. The summed E-state index contributed by atoms with van der Waals surface area (Å²) in [7, 11) is 0. The lowest BCUT2D eigenvalue weighted by atomic mass is 9.60. The second-order valence-electron chi connectivity index (χ2n) is 8.02. The van der Waals surface area contributed by atoms with Gasteiger partial charge in [-0.3, -0.25) is 10.1 Å².